The van der Waals surface area contributed by atoms with Gasteiger partial charge in [0.05, 0.1) is 5.69 Å². The summed E-state index contributed by atoms with van der Waals surface area (Å²) in [7, 11) is 0. The zero-order valence-electron chi connectivity index (χ0n) is 12.4. The SMILES string of the molecule is CCCCCOCC(=O)NCCc1cn2cccnc2n1. The van der Waals surface area contributed by atoms with Gasteiger partial charge in [0.1, 0.15) is 6.61 Å². The second-order valence-corrected chi connectivity index (χ2v) is 4.92. The Bertz CT molecular complexity index is 535. The van der Waals surface area contributed by atoms with Crippen molar-refractivity contribution in [3.63, 3.8) is 0 Å². The molecule has 0 saturated heterocycles. The number of aromatic nitrogens is 3. The molecule has 0 unspecified atom stereocenters. The van der Waals surface area contributed by atoms with Crippen LogP contribution in [0.3, 0.4) is 0 Å². The second-order valence-electron chi connectivity index (χ2n) is 4.92. The molecule has 114 valence electrons. The Morgan fingerprint density at radius 3 is 3.14 bits per heavy atom. The smallest absolute Gasteiger partial charge is 0.246 e. The van der Waals surface area contributed by atoms with E-state index in [1.807, 2.05) is 22.9 Å². The van der Waals surface area contributed by atoms with Crippen molar-refractivity contribution in [2.45, 2.75) is 32.6 Å². The van der Waals surface area contributed by atoms with Crippen molar-refractivity contribution in [1.29, 1.82) is 0 Å². The molecule has 6 heteroatoms. The quantitative estimate of drug-likeness (QED) is 0.712. The van der Waals surface area contributed by atoms with Crippen molar-refractivity contribution in [2.75, 3.05) is 19.8 Å². The Balaban J connectivity index is 1.63. The maximum Gasteiger partial charge on any atom is 0.246 e. The molecule has 0 fully saturated rings. The number of nitrogens with one attached hydrogen (secondary N) is 1. The number of hydrogen-bond donors (Lipinski definition) is 1. The number of nitrogens with zero attached hydrogens (tertiary/aromatic N) is 3. The highest BCUT2D eigenvalue weighted by Gasteiger charge is 2.04. The van der Waals surface area contributed by atoms with Gasteiger partial charge in [0.2, 0.25) is 11.7 Å². The zero-order chi connectivity index (χ0) is 14.9. The van der Waals surface area contributed by atoms with Crippen molar-refractivity contribution in [3.05, 3.63) is 30.4 Å². The average molecular weight is 290 g/mol. The van der Waals surface area contributed by atoms with Gasteiger partial charge in [-0.1, -0.05) is 19.8 Å². The van der Waals surface area contributed by atoms with Crippen LogP contribution in [-0.4, -0.2) is 40.0 Å². The van der Waals surface area contributed by atoms with Gasteiger partial charge < -0.3 is 10.1 Å². The van der Waals surface area contributed by atoms with Crippen LogP contribution in [-0.2, 0) is 16.0 Å². The lowest BCUT2D eigenvalue weighted by Crippen LogP contribution is -2.29. The van der Waals surface area contributed by atoms with E-state index in [0.717, 1.165) is 25.0 Å². The fourth-order valence-electron chi connectivity index (χ4n) is 2.00. The van der Waals surface area contributed by atoms with Gasteiger partial charge in [-0.05, 0) is 12.5 Å². The summed E-state index contributed by atoms with van der Waals surface area (Å²) in [6.07, 6.45) is 9.54. The normalized spacial score (nSPS) is 10.9. The summed E-state index contributed by atoms with van der Waals surface area (Å²) in [5.74, 6) is 0.603. The summed E-state index contributed by atoms with van der Waals surface area (Å²) in [5, 5.41) is 2.83. The first-order valence-corrected chi connectivity index (χ1v) is 7.42. The third-order valence-electron chi connectivity index (χ3n) is 3.11. The average Bonchev–Trinajstić information content (AvgIpc) is 2.89. The summed E-state index contributed by atoms with van der Waals surface area (Å²) < 4.78 is 7.18. The third kappa shape index (κ3) is 5.15. The second kappa shape index (κ2) is 8.36. The van der Waals surface area contributed by atoms with E-state index in [2.05, 4.69) is 22.2 Å². The topological polar surface area (TPSA) is 68.5 Å². The molecule has 0 saturated carbocycles. The van der Waals surface area contributed by atoms with E-state index in [4.69, 9.17) is 4.74 Å². The number of amides is 1. The van der Waals surface area contributed by atoms with Crippen LogP contribution in [0.2, 0.25) is 0 Å². The fourth-order valence-corrected chi connectivity index (χ4v) is 2.00. The minimum absolute atomic E-state index is 0.0756. The van der Waals surface area contributed by atoms with Crippen LogP contribution in [0.25, 0.3) is 5.78 Å². The van der Waals surface area contributed by atoms with Crippen LogP contribution in [0.5, 0.6) is 0 Å². The van der Waals surface area contributed by atoms with Crippen LogP contribution in [0, 0.1) is 0 Å². The Hall–Kier alpha value is -1.95. The molecule has 2 rings (SSSR count). The Morgan fingerprint density at radius 1 is 1.43 bits per heavy atom. The first-order chi connectivity index (χ1) is 10.3. The largest absolute Gasteiger partial charge is 0.372 e. The molecule has 2 aromatic rings. The van der Waals surface area contributed by atoms with Gasteiger partial charge in [0.15, 0.2) is 0 Å². The molecule has 0 spiro atoms. The summed E-state index contributed by atoms with van der Waals surface area (Å²) in [4.78, 5) is 20.1. The predicted octanol–water partition coefficient (Wildman–Crippen LogP) is 1.59. The number of rotatable bonds is 9. The van der Waals surface area contributed by atoms with Crippen molar-refractivity contribution in [1.82, 2.24) is 19.7 Å². The van der Waals surface area contributed by atoms with Gasteiger partial charge >= 0.3 is 0 Å². The predicted molar refractivity (Wildman–Crippen MR) is 80.0 cm³/mol. The fraction of sp³-hybridized carbons (Fsp3) is 0.533. The summed E-state index contributed by atoms with van der Waals surface area (Å²) in [6.45, 7) is 3.48. The van der Waals surface area contributed by atoms with Crippen LogP contribution < -0.4 is 5.32 Å². The number of fused-ring (bicyclic) bond motifs is 1. The molecule has 2 aromatic heterocycles. The lowest BCUT2D eigenvalue weighted by molar-refractivity contribution is -0.125. The van der Waals surface area contributed by atoms with Gasteiger partial charge in [-0.25, -0.2) is 9.97 Å². The molecule has 0 radical (unpaired) electrons. The molecule has 21 heavy (non-hydrogen) atoms. The molecule has 0 atom stereocenters. The number of unbranched alkanes of at least 4 members (excludes halogenated alkanes) is 2. The lowest BCUT2D eigenvalue weighted by Gasteiger charge is -2.05. The first kappa shape index (κ1) is 15.4. The van der Waals surface area contributed by atoms with E-state index >= 15 is 0 Å². The highest BCUT2D eigenvalue weighted by atomic mass is 16.5. The first-order valence-electron chi connectivity index (χ1n) is 7.42. The molecular formula is C15H22N4O2. The minimum atomic E-state index is -0.0756. The Morgan fingerprint density at radius 2 is 2.33 bits per heavy atom. The number of hydrogen-bond acceptors (Lipinski definition) is 4. The summed E-state index contributed by atoms with van der Waals surface area (Å²) in [5.41, 5.74) is 0.915. The van der Waals surface area contributed by atoms with Gasteiger partial charge in [-0.15, -0.1) is 0 Å². The molecule has 6 nitrogen and oxygen atoms in total. The number of imidazole rings is 1. The molecule has 1 N–H and O–H groups in total. The minimum Gasteiger partial charge on any atom is -0.372 e. The third-order valence-corrected chi connectivity index (χ3v) is 3.11. The van der Waals surface area contributed by atoms with Crippen LogP contribution >= 0.6 is 0 Å². The van der Waals surface area contributed by atoms with E-state index < -0.39 is 0 Å². The number of carbonyl (C=O) groups excluding carboxylic acids is 1. The van der Waals surface area contributed by atoms with Crippen molar-refractivity contribution < 1.29 is 9.53 Å². The molecule has 0 bridgehead atoms. The molecule has 2 heterocycles. The molecule has 0 aromatic carbocycles. The van der Waals surface area contributed by atoms with Gasteiger partial charge in [-0.3, -0.25) is 9.20 Å². The van der Waals surface area contributed by atoms with E-state index in [1.54, 1.807) is 6.20 Å². The number of ether oxygens (including phenoxy) is 1. The molecular weight excluding hydrogens is 268 g/mol. The van der Waals surface area contributed by atoms with E-state index in [9.17, 15) is 4.79 Å². The zero-order valence-corrected chi connectivity index (χ0v) is 12.4. The summed E-state index contributed by atoms with van der Waals surface area (Å²) >= 11 is 0. The van der Waals surface area contributed by atoms with E-state index in [-0.39, 0.29) is 12.5 Å². The van der Waals surface area contributed by atoms with Gasteiger partial charge in [0, 0.05) is 38.2 Å². The maximum absolute atomic E-state index is 11.6. The van der Waals surface area contributed by atoms with E-state index in [1.165, 1.54) is 0 Å². The standard InChI is InChI=1S/C15H22N4O2/c1-2-3-4-10-21-12-14(20)16-8-6-13-11-19-9-5-7-17-15(19)18-13/h5,7,9,11H,2-4,6,8,10,12H2,1H3,(H,16,20). The molecule has 0 aliphatic rings. The van der Waals surface area contributed by atoms with E-state index in [0.29, 0.717) is 25.4 Å². The lowest BCUT2D eigenvalue weighted by atomic mass is 10.3. The highest BCUT2D eigenvalue weighted by Crippen LogP contribution is 2.01. The van der Waals surface area contributed by atoms with Crippen molar-refractivity contribution in [3.8, 4) is 0 Å². The molecule has 1 amide bonds. The van der Waals surface area contributed by atoms with Crippen LogP contribution in [0.4, 0.5) is 0 Å². The van der Waals surface area contributed by atoms with Crippen molar-refractivity contribution >= 4 is 11.7 Å². The highest BCUT2D eigenvalue weighted by molar-refractivity contribution is 5.77. The van der Waals surface area contributed by atoms with Gasteiger partial charge in [-0.2, -0.15) is 0 Å². The number of carbonyl (C=O) groups is 1. The van der Waals surface area contributed by atoms with Crippen LogP contribution in [0.1, 0.15) is 31.9 Å². The Kier molecular flexibility index (Phi) is 6.15. The monoisotopic (exact) mass is 290 g/mol. The van der Waals surface area contributed by atoms with Gasteiger partial charge in [0.25, 0.3) is 0 Å². The van der Waals surface area contributed by atoms with Crippen molar-refractivity contribution in [2.24, 2.45) is 0 Å². The molecule has 0 aliphatic heterocycles. The molecule has 0 aliphatic carbocycles. The maximum atomic E-state index is 11.6. The van der Waals surface area contributed by atoms with Crippen LogP contribution in [0.15, 0.2) is 24.7 Å². The Labute approximate surface area is 124 Å². The summed E-state index contributed by atoms with van der Waals surface area (Å²) in [6, 6.07) is 1.86.